The molecule has 1 aromatic carbocycles. The molecule has 1 fully saturated rings. The van der Waals surface area contributed by atoms with Crippen LogP contribution in [0.5, 0.6) is 5.75 Å². The van der Waals surface area contributed by atoms with Gasteiger partial charge in [0.2, 0.25) is 0 Å². The highest BCUT2D eigenvalue weighted by molar-refractivity contribution is 7.80. The van der Waals surface area contributed by atoms with Gasteiger partial charge in [-0.2, -0.15) is 0 Å². The number of hydrogen-bond donors (Lipinski definition) is 0. The van der Waals surface area contributed by atoms with Crippen LogP contribution in [0.4, 0.5) is 0 Å². The third-order valence-corrected chi connectivity index (χ3v) is 5.11. The molecule has 0 amide bonds. The largest absolute Gasteiger partial charge is 0.468 e. The minimum Gasteiger partial charge on any atom is -0.468 e. The zero-order valence-corrected chi connectivity index (χ0v) is 12.3. The first-order chi connectivity index (χ1) is 8.33. The lowest BCUT2D eigenvalue weighted by atomic mass is 10.1. The van der Waals surface area contributed by atoms with Gasteiger partial charge in [-0.15, -0.1) is 0 Å². The second kappa shape index (κ2) is 4.56. The number of thiocarbonyl (C=S) groups is 1. The summed E-state index contributed by atoms with van der Waals surface area (Å²) in [6.07, 6.45) is 0. The first kappa shape index (κ1) is 13.4. The van der Waals surface area contributed by atoms with Gasteiger partial charge in [-0.3, -0.25) is 4.57 Å². The van der Waals surface area contributed by atoms with E-state index in [0.29, 0.717) is 12.4 Å². The molecule has 0 aliphatic carbocycles. The highest BCUT2D eigenvalue weighted by Crippen LogP contribution is 2.53. The van der Waals surface area contributed by atoms with Crippen molar-refractivity contribution in [1.82, 2.24) is 4.67 Å². The molecular weight excluding hydrogens is 269 g/mol. The molecule has 4 nitrogen and oxygen atoms in total. The highest BCUT2D eigenvalue weighted by Gasteiger charge is 2.47. The van der Waals surface area contributed by atoms with Crippen LogP contribution in [0, 0.1) is 0 Å². The van der Waals surface area contributed by atoms with E-state index in [1.54, 1.807) is 23.5 Å². The Labute approximate surface area is 112 Å². The van der Waals surface area contributed by atoms with E-state index in [1.165, 1.54) is 0 Å². The molecule has 2 rings (SSSR count). The molecule has 1 aromatic rings. The Balaban J connectivity index is 2.26. The monoisotopic (exact) mass is 285 g/mol. The van der Waals surface area contributed by atoms with Crippen LogP contribution in [0.2, 0.25) is 0 Å². The Kier molecular flexibility index (Phi) is 3.39. The first-order valence-electron chi connectivity index (χ1n) is 5.62. The average Bonchev–Trinajstić information content (AvgIpc) is 2.54. The van der Waals surface area contributed by atoms with Gasteiger partial charge in [-0.05, 0) is 38.2 Å². The molecule has 1 aliphatic rings. The van der Waals surface area contributed by atoms with Crippen molar-refractivity contribution in [3.8, 4) is 5.75 Å². The van der Waals surface area contributed by atoms with Crippen LogP contribution in [-0.4, -0.2) is 28.7 Å². The van der Waals surface area contributed by atoms with E-state index in [-0.39, 0.29) is 5.17 Å². The van der Waals surface area contributed by atoms with Gasteiger partial charge in [-0.25, -0.2) is 4.67 Å². The van der Waals surface area contributed by atoms with E-state index in [2.05, 4.69) is 0 Å². The smallest absolute Gasteiger partial charge is 0.344 e. The van der Waals surface area contributed by atoms with Crippen molar-refractivity contribution in [1.29, 1.82) is 0 Å². The molecular formula is C12H16NO3PS. The molecule has 0 saturated carbocycles. The van der Waals surface area contributed by atoms with Gasteiger partial charge in [0.1, 0.15) is 12.4 Å². The molecule has 0 N–H and O–H groups in total. The molecule has 1 saturated heterocycles. The van der Waals surface area contributed by atoms with Crippen LogP contribution >= 0.6 is 19.7 Å². The molecule has 0 spiro atoms. The summed E-state index contributed by atoms with van der Waals surface area (Å²) in [4.78, 5) is 0. The van der Waals surface area contributed by atoms with Gasteiger partial charge < -0.3 is 9.26 Å². The average molecular weight is 285 g/mol. The van der Waals surface area contributed by atoms with Crippen LogP contribution in [0.15, 0.2) is 30.3 Å². The van der Waals surface area contributed by atoms with E-state index in [1.807, 2.05) is 32.0 Å². The van der Waals surface area contributed by atoms with E-state index < -0.39 is 13.1 Å². The van der Waals surface area contributed by atoms with Crippen molar-refractivity contribution >= 4 is 24.9 Å². The Morgan fingerprint density at radius 1 is 1.39 bits per heavy atom. The lowest BCUT2D eigenvalue weighted by molar-refractivity contribution is 0.262. The molecule has 1 heterocycles. The van der Waals surface area contributed by atoms with E-state index >= 15 is 0 Å². The van der Waals surface area contributed by atoms with Crippen LogP contribution in [0.1, 0.15) is 13.8 Å². The summed E-state index contributed by atoms with van der Waals surface area (Å²) in [5, 5.41) is 0.238. The second-order valence-corrected chi connectivity index (χ2v) is 7.42. The normalized spacial score (nSPS) is 21.3. The lowest BCUT2D eigenvalue weighted by Crippen LogP contribution is -2.40. The van der Waals surface area contributed by atoms with Gasteiger partial charge in [0.15, 0.2) is 0 Å². The van der Waals surface area contributed by atoms with Crippen molar-refractivity contribution in [2.75, 3.05) is 13.3 Å². The Morgan fingerprint density at radius 2 is 2.00 bits per heavy atom. The van der Waals surface area contributed by atoms with Crippen LogP contribution in [0.25, 0.3) is 0 Å². The fourth-order valence-electron chi connectivity index (χ4n) is 1.97. The predicted octanol–water partition coefficient (Wildman–Crippen LogP) is 3.28. The number of para-hydroxylation sites is 1. The maximum atomic E-state index is 12.7. The van der Waals surface area contributed by atoms with Crippen LogP contribution in [-0.2, 0) is 9.30 Å². The quantitative estimate of drug-likeness (QED) is 0.629. The van der Waals surface area contributed by atoms with Gasteiger partial charge >= 0.3 is 7.52 Å². The molecule has 0 bridgehead atoms. The van der Waals surface area contributed by atoms with Gasteiger partial charge in [-0.1, -0.05) is 18.2 Å². The molecule has 98 valence electrons. The molecule has 6 heteroatoms. The summed E-state index contributed by atoms with van der Waals surface area (Å²) in [6.45, 7) is 5.83. The van der Waals surface area contributed by atoms with Crippen LogP contribution in [0.3, 0.4) is 0 Å². The Morgan fingerprint density at radius 3 is 2.50 bits per heavy atom. The van der Waals surface area contributed by atoms with Gasteiger partial charge in [0, 0.05) is 6.66 Å². The summed E-state index contributed by atoms with van der Waals surface area (Å²) >= 11 is 5.11. The Hall–Kier alpha value is -1.06. The summed E-state index contributed by atoms with van der Waals surface area (Å²) in [5.74, 6) is 0.564. The number of ether oxygens (including phenoxy) is 1. The standard InChI is InChI=1S/C12H16NO3PS/c1-12(2)9-15-11(18)13(12)17(3,14)16-10-7-5-4-6-8-10/h4-8H,9H2,1-3H3/t17-/m1/s1. The predicted molar refractivity (Wildman–Crippen MR) is 75.1 cm³/mol. The molecule has 1 atom stereocenters. The molecule has 18 heavy (non-hydrogen) atoms. The van der Waals surface area contributed by atoms with Gasteiger partial charge in [0.05, 0.1) is 5.54 Å². The van der Waals surface area contributed by atoms with Gasteiger partial charge in [0.25, 0.3) is 5.17 Å². The van der Waals surface area contributed by atoms with E-state index in [9.17, 15) is 4.57 Å². The molecule has 0 radical (unpaired) electrons. The maximum absolute atomic E-state index is 12.7. The fourth-order valence-corrected chi connectivity index (χ4v) is 4.71. The van der Waals surface area contributed by atoms with Crippen molar-refractivity contribution in [2.45, 2.75) is 19.4 Å². The van der Waals surface area contributed by atoms with Crippen molar-refractivity contribution in [3.63, 3.8) is 0 Å². The SMILES string of the molecule is CC1(C)COC(=S)N1[P@](C)(=O)Oc1ccccc1. The van der Waals surface area contributed by atoms with Crippen molar-refractivity contribution < 1.29 is 13.8 Å². The molecule has 0 aromatic heterocycles. The zero-order valence-electron chi connectivity index (χ0n) is 10.6. The summed E-state index contributed by atoms with van der Waals surface area (Å²) in [5.41, 5.74) is -0.420. The minimum atomic E-state index is -3.07. The topological polar surface area (TPSA) is 38.8 Å². The first-order valence-corrected chi connectivity index (χ1v) is 8.06. The number of hydrogen-bond acceptors (Lipinski definition) is 4. The molecule has 1 aliphatic heterocycles. The highest BCUT2D eigenvalue weighted by atomic mass is 32.1. The number of benzene rings is 1. The fraction of sp³-hybridized carbons (Fsp3) is 0.417. The van der Waals surface area contributed by atoms with Crippen molar-refractivity contribution in [3.05, 3.63) is 30.3 Å². The number of nitrogens with zero attached hydrogens (tertiary/aromatic N) is 1. The van der Waals surface area contributed by atoms with Crippen LogP contribution < -0.4 is 4.52 Å². The summed E-state index contributed by atoms with van der Waals surface area (Å²) < 4.78 is 25.2. The lowest BCUT2D eigenvalue weighted by Gasteiger charge is -2.33. The third-order valence-electron chi connectivity index (χ3n) is 2.68. The maximum Gasteiger partial charge on any atom is 0.344 e. The van der Waals surface area contributed by atoms with E-state index in [0.717, 1.165) is 0 Å². The minimum absolute atomic E-state index is 0.238. The summed E-state index contributed by atoms with van der Waals surface area (Å²) in [7, 11) is -3.07. The number of rotatable bonds is 3. The molecule has 0 unspecified atom stereocenters. The second-order valence-electron chi connectivity index (χ2n) is 4.89. The van der Waals surface area contributed by atoms with E-state index in [4.69, 9.17) is 21.5 Å². The summed E-state index contributed by atoms with van der Waals surface area (Å²) in [6, 6.07) is 9.08. The Bertz CT molecular complexity index is 503. The third kappa shape index (κ3) is 2.52. The zero-order chi connectivity index (χ0) is 13.4. The van der Waals surface area contributed by atoms with Crippen molar-refractivity contribution in [2.24, 2.45) is 0 Å².